The Bertz CT molecular complexity index is 341. The molecule has 0 saturated carbocycles. The molecule has 0 aromatic heterocycles. The van der Waals surface area contributed by atoms with Gasteiger partial charge in [0.2, 0.25) is 0 Å². The van der Waals surface area contributed by atoms with Crippen molar-refractivity contribution < 1.29 is 9.47 Å². The first-order valence-electron chi connectivity index (χ1n) is 8.61. The molecule has 3 unspecified atom stereocenters. The zero-order chi connectivity index (χ0) is 15.8. The zero-order valence-corrected chi connectivity index (χ0v) is 17.0. The van der Waals surface area contributed by atoms with Crippen LogP contribution in [0.4, 0.5) is 0 Å². The van der Waals surface area contributed by atoms with Gasteiger partial charge in [0.15, 0.2) is 5.96 Å². The number of guanidine groups is 1. The van der Waals surface area contributed by atoms with E-state index in [1.165, 1.54) is 6.42 Å². The van der Waals surface area contributed by atoms with Gasteiger partial charge >= 0.3 is 0 Å². The minimum Gasteiger partial charge on any atom is -0.376 e. The number of nitrogens with one attached hydrogen (secondary N) is 2. The molecule has 2 heterocycles. The van der Waals surface area contributed by atoms with Crippen molar-refractivity contribution in [1.82, 2.24) is 15.5 Å². The smallest absolute Gasteiger partial charge is 0.191 e. The molecule has 3 atom stereocenters. The van der Waals surface area contributed by atoms with Crippen molar-refractivity contribution in [3.63, 3.8) is 0 Å². The number of halogens is 1. The summed E-state index contributed by atoms with van der Waals surface area (Å²) in [5.74, 6) is 0.874. The van der Waals surface area contributed by atoms with Crippen LogP contribution in [-0.2, 0) is 9.47 Å². The van der Waals surface area contributed by atoms with Crippen LogP contribution in [0.25, 0.3) is 0 Å². The van der Waals surface area contributed by atoms with Crippen molar-refractivity contribution in [2.75, 3.05) is 46.4 Å². The lowest BCUT2D eigenvalue weighted by atomic mass is 10.2. The first-order chi connectivity index (χ1) is 10.7. The fourth-order valence-electron chi connectivity index (χ4n) is 3.21. The molecule has 2 aliphatic rings. The second kappa shape index (κ2) is 11.4. The average Bonchev–Trinajstić information content (AvgIpc) is 2.99. The van der Waals surface area contributed by atoms with E-state index in [-0.39, 0.29) is 24.0 Å². The maximum absolute atomic E-state index is 5.76. The molecule has 23 heavy (non-hydrogen) atoms. The lowest BCUT2D eigenvalue weighted by molar-refractivity contribution is -0.0679. The van der Waals surface area contributed by atoms with Gasteiger partial charge in [-0.3, -0.25) is 9.89 Å². The number of rotatable bonds is 6. The van der Waals surface area contributed by atoms with Crippen LogP contribution in [-0.4, -0.2) is 75.5 Å². The summed E-state index contributed by atoms with van der Waals surface area (Å²) in [5, 5.41) is 6.72. The molecular weight excluding hydrogens is 407 g/mol. The molecule has 0 radical (unpaired) electrons. The van der Waals surface area contributed by atoms with Crippen LogP contribution >= 0.6 is 24.0 Å². The highest BCUT2D eigenvalue weighted by atomic mass is 127. The predicted octanol–water partition coefficient (Wildman–Crippen LogP) is 1.45. The molecule has 2 rings (SSSR count). The zero-order valence-electron chi connectivity index (χ0n) is 14.7. The Balaban J connectivity index is 0.00000264. The van der Waals surface area contributed by atoms with Crippen molar-refractivity contribution in [2.45, 2.75) is 51.4 Å². The number of aliphatic imine (C=N–C) groups is 1. The van der Waals surface area contributed by atoms with Crippen molar-refractivity contribution in [2.24, 2.45) is 4.99 Å². The Labute approximate surface area is 157 Å². The molecule has 2 fully saturated rings. The van der Waals surface area contributed by atoms with Crippen LogP contribution < -0.4 is 10.6 Å². The first kappa shape index (κ1) is 20.9. The molecule has 136 valence electrons. The van der Waals surface area contributed by atoms with Crippen molar-refractivity contribution in [1.29, 1.82) is 0 Å². The first-order valence-corrected chi connectivity index (χ1v) is 8.61. The summed E-state index contributed by atoms with van der Waals surface area (Å²) in [6.45, 7) is 10.2. The van der Waals surface area contributed by atoms with Gasteiger partial charge in [0.1, 0.15) is 0 Å². The number of ether oxygens (including phenoxy) is 2. The van der Waals surface area contributed by atoms with Crippen molar-refractivity contribution in [3.05, 3.63) is 0 Å². The highest BCUT2D eigenvalue weighted by molar-refractivity contribution is 14.0. The molecule has 0 amide bonds. The Morgan fingerprint density at radius 2 is 1.96 bits per heavy atom. The van der Waals surface area contributed by atoms with Gasteiger partial charge in [-0.2, -0.15) is 0 Å². The van der Waals surface area contributed by atoms with E-state index in [1.54, 1.807) is 0 Å². The number of hydrogen-bond donors (Lipinski definition) is 2. The Morgan fingerprint density at radius 3 is 2.57 bits per heavy atom. The number of nitrogens with zero attached hydrogens (tertiary/aromatic N) is 2. The van der Waals surface area contributed by atoms with E-state index in [0.717, 1.165) is 58.1 Å². The van der Waals surface area contributed by atoms with E-state index in [1.807, 2.05) is 7.05 Å². The highest BCUT2D eigenvalue weighted by Crippen LogP contribution is 2.11. The van der Waals surface area contributed by atoms with Gasteiger partial charge in [0.25, 0.3) is 0 Å². The summed E-state index contributed by atoms with van der Waals surface area (Å²) in [4.78, 5) is 6.75. The fourth-order valence-corrected chi connectivity index (χ4v) is 3.21. The van der Waals surface area contributed by atoms with E-state index in [4.69, 9.17) is 9.47 Å². The van der Waals surface area contributed by atoms with Gasteiger partial charge in [-0.05, 0) is 33.1 Å². The minimum atomic E-state index is 0. The van der Waals surface area contributed by atoms with Gasteiger partial charge in [0, 0.05) is 46.4 Å². The Hall–Kier alpha value is -0.120. The summed E-state index contributed by atoms with van der Waals surface area (Å²) >= 11 is 0. The summed E-state index contributed by atoms with van der Waals surface area (Å²) in [6.07, 6.45) is 4.47. The fraction of sp³-hybridized carbons (Fsp3) is 0.938. The molecule has 2 aliphatic heterocycles. The number of morpholine rings is 1. The van der Waals surface area contributed by atoms with Crippen molar-refractivity contribution >= 4 is 29.9 Å². The highest BCUT2D eigenvalue weighted by Gasteiger charge is 2.21. The largest absolute Gasteiger partial charge is 0.376 e. The van der Waals surface area contributed by atoms with E-state index in [9.17, 15) is 0 Å². The Kier molecular flexibility index (Phi) is 10.4. The van der Waals surface area contributed by atoms with Crippen LogP contribution in [0.2, 0.25) is 0 Å². The molecule has 6 nitrogen and oxygen atoms in total. The third-order valence-corrected chi connectivity index (χ3v) is 4.18. The molecule has 0 aromatic rings. The normalized spacial score (nSPS) is 29.2. The lowest BCUT2D eigenvalue weighted by Crippen LogP contribution is -2.46. The van der Waals surface area contributed by atoms with Gasteiger partial charge in [-0.25, -0.2) is 0 Å². The molecule has 2 saturated heterocycles. The van der Waals surface area contributed by atoms with Crippen LogP contribution in [0.15, 0.2) is 4.99 Å². The standard InChI is InChI=1S/C16H32N4O2.HI/c1-13-11-20(12-14(2)22-13)8-5-7-18-16(17-3)19-10-15-6-4-9-21-15;/h13-15H,4-12H2,1-3H3,(H2,17,18,19);1H. The maximum atomic E-state index is 5.76. The quantitative estimate of drug-likeness (QED) is 0.284. The van der Waals surface area contributed by atoms with Gasteiger partial charge in [0.05, 0.1) is 18.3 Å². The SMILES string of the molecule is CN=C(NCCCN1CC(C)OC(C)C1)NCC1CCCO1.I. The van der Waals surface area contributed by atoms with E-state index in [0.29, 0.717) is 18.3 Å². The predicted molar refractivity (Wildman–Crippen MR) is 105 cm³/mol. The Morgan fingerprint density at radius 1 is 1.22 bits per heavy atom. The summed E-state index contributed by atoms with van der Waals surface area (Å²) in [6, 6.07) is 0. The van der Waals surface area contributed by atoms with Crippen LogP contribution in [0, 0.1) is 0 Å². The van der Waals surface area contributed by atoms with E-state index >= 15 is 0 Å². The summed E-state index contributed by atoms with van der Waals surface area (Å²) in [5.41, 5.74) is 0. The molecule has 0 aromatic carbocycles. The molecule has 0 spiro atoms. The molecular formula is C16H33IN4O2. The van der Waals surface area contributed by atoms with Crippen molar-refractivity contribution in [3.8, 4) is 0 Å². The second-order valence-corrected chi connectivity index (χ2v) is 6.39. The molecule has 2 N–H and O–H groups in total. The third kappa shape index (κ3) is 8.00. The van der Waals surface area contributed by atoms with Crippen LogP contribution in [0.5, 0.6) is 0 Å². The van der Waals surface area contributed by atoms with E-state index in [2.05, 4.69) is 34.4 Å². The summed E-state index contributed by atoms with van der Waals surface area (Å²) in [7, 11) is 1.82. The van der Waals surface area contributed by atoms with Gasteiger partial charge < -0.3 is 20.1 Å². The number of hydrogen-bond acceptors (Lipinski definition) is 4. The van der Waals surface area contributed by atoms with Crippen LogP contribution in [0.3, 0.4) is 0 Å². The monoisotopic (exact) mass is 440 g/mol. The minimum absolute atomic E-state index is 0. The van der Waals surface area contributed by atoms with E-state index < -0.39 is 0 Å². The maximum Gasteiger partial charge on any atom is 0.191 e. The molecule has 7 heteroatoms. The van der Waals surface area contributed by atoms with Gasteiger partial charge in [-0.1, -0.05) is 0 Å². The topological polar surface area (TPSA) is 58.1 Å². The van der Waals surface area contributed by atoms with Crippen LogP contribution in [0.1, 0.15) is 33.1 Å². The third-order valence-electron chi connectivity index (χ3n) is 4.18. The van der Waals surface area contributed by atoms with Gasteiger partial charge in [-0.15, -0.1) is 24.0 Å². The average molecular weight is 440 g/mol. The second-order valence-electron chi connectivity index (χ2n) is 6.39. The molecule has 0 aliphatic carbocycles. The molecule has 0 bridgehead atoms. The summed E-state index contributed by atoms with van der Waals surface area (Å²) < 4.78 is 11.4. The lowest BCUT2D eigenvalue weighted by Gasteiger charge is -2.35.